The third-order valence-corrected chi connectivity index (χ3v) is 4.05. The van der Waals surface area contributed by atoms with Gasteiger partial charge in [0.15, 0.2) is 5.75 Å². The van der Waals surface area contributed by atoms with Crippen LogP contribution in [0.25, 0.3) is 0 Å². The van der Waals surface area contributed by atoms with Crippen LogP contribution in [0, 0.1) is 6.92 Å². The molecule has 2 heterocycles. The highest BCUT2D eigenvalue weighted by atomic mass is 16.4. The van der Waals surface area contributed by atoms with E-state index in [4.69, 9.17) is 4.42 Å². The first kappa shape index (κ1) is 13.9. The van der Waals surface area contributed by atoms with Gasteiger partial charge < -0.3 is 9.52 Å². The molecule has 4 heteroatoms. The number of likely N-dealkylation sites (tertiary alicyclic amines) is 1. The van der Waals surface area contributed by atoms with Crippen molar-refractivity contribution < 1.29 is 9.52 Å². The molecule has 2 aromatic rings. The van der Waals surface area contributed by atoms with Crippen molar-refractivity contribution in [2.75, 3.05) is 6.54 Å². The van der Waals surface area contributed by atoms with Crippen LogP contribution in [0.3, 0.4) is 0 Å². The van der Waals surface area contributed by atoms with Gasteiger partial charge in [-0.2, -0.15) is 0 Å². The summed E-state index contributed by atoms with van der Waals surface area (Å²) in [6.45, 7) is 3.67. The summed E-state index contributed by atoms with van der Waals surface area (Å²) in [7, 11) is 0. The second kappa shape index (κ2) is 5.74. The lowest BCUT2D eigenvalue weighted by atomic mass is 10.0. The Morgan fingerprint density at radius 1 is 1.33 bits per heavy atom. The zero-order valence-corrected chi connectivity index (χ0v) is 12.1. The number of hydrogen-bond acceptors (Lipinski definition) is 4. The van der Waals surface area contributed by atoms with E-state index >= 15 is 0 Å². The summed E-state index contributed by atoms with van der Waals surface area (Å²) in [6.07, 6.45) is 3.38. The zero-order valence-electron chi connectivity index (χ0n) is 12.1. The van der Waals surface area contributed by atoms with Crippen molar-refractivity contribution in [3.63, 3.8) is 0 Å². The van der Waals surface area contributed by atoms with Crippen LogP contribution < -0.4 is 5.43 Å². The molecule has 0 spiro atoms. The molecule has 4 nitrogen and oxygen atoms in total. The molecule has 0 amide bonds. The molecule has 0 unspecified atom stereocenters. The number of hydrogen-bond donors (Lipinski definition) is 1. The van der Waals surface area contributed by atoms with Crippen LogP contribution in [-0.4, -0.2) is 16.6 Å². The Balaban J connectivity index is 1.79. The fourth-order valence-electron chi connectivity index (χ4n) is 2.91. The van der Waals surface area contributed by atoms with Crippen molar-refractivity contribution in [2.45, 2.75) is 32.4 Å². The van der Waals surface area contributed by atoms with Crippen molar-refractivity contribution in [2.24, 2.45) is 0 Å². The molecule has 0 aliphatic carbocycles. The Labute approximate surface area is 123 Å². The van der Waals surface area contributed by atoms with Crippen molar-refractivity contribution >= 4 is 0 Å². The standard InChI is InChI=1S/C17H19NO3/c1-12-4-6-13(7-5-12)15-3-2-8-18(15)10-14-9-16(19)17(20)11-21-14/h4-7,9,11,15,20H,2-3,8,10H2,1H3/t15-/m0/s1. The van der Waals surface area contributed by atoms with Crippen LogP contribution in [0.15, 0.2) is 45.8 Å². The normalized spacial score (nSPS) is 19.0. The first-order chi connectivity index (χ1) is 10.1. The Morgan fingerprint density at radius 2 is 2.10 bits per heavy atom. The Hall–Kier alpha value is -2.07. The van der Waals surface area contributed by atoms with Gasteiger partial charge in [-0.15, -0.1) is 0 Å². The van der Waals surface area contributed by atoms with Crippen molar-refractivity contribution in [3.8, 4) is 5.75 Å². The van der Waals surface area contributed by atoms with Crippen LogP contribution in [0.2, 0.25) is 0 Å². The molecule has 110 valence electrons. The van der Waals surface area contributed by atoms with Crippen molar-refractivity contribution in [1.82, 2.24) is 4.90 Å². The van der Waals surface area contributed by atoms with Gasteiger partial charge in [-0.05, 0) is 31.9 Å². The quantitative estimate of drug-likeness (QED) is 0.942. The zero-order chi connectivity index (χ0) is 14.8. The van der Waals surface area contributed by atoms with Gasteiger partial charge in [0.05, 0.1) is 6.54 Å². The molecule has 1 aliphatic rings. The van der Waals surface area contributed by atoms with Gasteiger partial charge in [0.1, 0.15) is 12.0 Å². The summed E-state index contributed by atoms with van der Waals surface area (Å²) in [5, 5.41) is 9.24. The van der Waals surface area contributed by atoms with E-state index in [1.165, 1.54) is 17.2 Å². The third-order valence-electron chi connectivity index (χ3n) is 4.05. The molecule has 1 fully saturated rings. The molecular weight excluding hydrogens is 266 g/mol. The van der Waals surface area contributed by atoms with Gasteiger partial charge in [0.2, 0.25) is 5.43 Å². The molecule has 0 saturated carbocycles. The van der Waals surface area contributed by atoms with Gasteiger partial charge in [-0.3, -0.25) is 9.69 Å². The minimum absolute atomic E-state index is 0.338. The van der Waals surface area contributed by atoms with Gasteiger partial charge in [-0.25, -0.2) is 0 Å². The maximum Gasteiger partial charge on any atom is 0.226 e. The summed E-state index contributed by atoms with van der Waals surface area (Å²) in [5.41, 5.74) is 2.18. The van der Waals surface area contributed by atoms with E-state index < -0.39 is 0 Å². The SMILES string of the molecule is Cc1ccc([C@@H]2CCCN2Cc2cc(=O)c(O)co2)cc1. The first-order valence-corrected chi connectivity index (χ1v) is 7.25. The largest absolute Gasteiger partial charge is 0.502 e. The molecule has 1 atom stereocenters. The molecule has 1 aliphatic heterocycles. The second-order valence-electron chi connectivity index (χ2n) is 5.64. The molecule has 1 aromatic carbocycles. The van der Waals surface area contributed by atoms with E-state index in [0.29, 0.717) is 18.3 Å². The first-order valence-electron chi connectivity index (χ1n) is 7.25. The van der Waals surface area contributed by atoms with Crippen LogP contribution in [-0.2, 0) is 6.54 Å². The summed E-state index contributed by atoms with van der Waals surface area (Å²) >= 11 is 0. The average molecular weight is 285 g/mol. The van der Waals surface area contributed by atoms with E-state index in [2.05, 4.69) is 36.1 Å². The Bertz CT molecular complexity index is 675. The molecular formula is C17H19NO3. The topological polar surface area (TPSA) is 53.7 Å². The maximum atomic E-state index is 11.5. The van der Waals surface area contributed by atoms with E-state index in [9.17, 15) is 9.90 Å². The predicted molar refractivity (Wildman–Crippen MR) is 80.2 cm³/mol. The van der Waals surface area contributed by atoms with Gasteiger partial charge in [0.25, 0.3) is 0 Å². The fourth-order valence-corrected chi connectivity index (χ4v) is 2.91. The summed E-state index contributed by atoms with van der Waals surface area (Å²) in [6, 6.07) is 10.3. The number of aromatic hydroxyl groups is 1. The summed E-state index contributed by atoms with van der Waals surface area (Å²) in [4.78, 5) is 13.8. The van der Waals surface area contributed by atoms with E-state index in [1.54, 1.807) is 0 Å². The molecule has 1 N–H and O–H groups in total. The van der Waals surface area contributed by atoms with E-state index in [0.717, 1.165) is 25.6 Å². The lowest BCUT2D eigenvalue weighted by Gasteiger charge is -2.24. The molecule has 0 radical (unpaired) electrons. The van der Waals surface area contributed by atoms with Crippen LogP contribution >= 0.6 is 0 Å². The highest BCUT2D eigenvalue weighted by Crippen LogP contribution is 2.33. The minimum Gasteiger partial charge on any atom is -0.502 e. The van der Waals surface area contributed by atoms with Crippen molar-refractivity contribution in [3.05, 3.63) is 63.7 Å². The van der Waals surface area contributed by atoms with Crippen LogP contribution in [0.1, 0.15) is 35.8 Å². The number of benzene rings is 1. The van der Waals surface area contributed by atoms with E-state index in [1.807, 2.05) is 0 Å². The predicted octanol–water partition coefficient (Wildman–Crippen LogP) is 2.99. The average Bonchev–Trinajstić information content (AvgIpc) is 2.92. The van der Waals surface area contributed by atoms with Gasteiger partial charge >= 0.3 is 0 Å². The minimum atomic E-state index is -0.387. The third kappa shape index (κ3) is 3.00. The van der Waals surface area contributed by atoms with E-state index in [-0.39, 0.29) is 11.2 Å². The Morgan fingerprint density at radius 3 is 2.81 bits per heavy atom. The van der Waals surface area contributed by atoms with Crippen LogP contribution in [0.4, 0.5) is 0 Å². The maximum absolute atomic E-state index is 11.5. The number of aryl methyl sites for hydroxylation is 1. The lowest BCUT2D eigenvalue weighted by molar-refractivity contribution is 0.224. The van der Waals surface area contributed by atoms with Crippen molar-refractivity contribution in [1.29, 1.82) is 0 Å². The molecule has 3 rings (SSSR count). The monoisotopic (exact) mass is 285 g/mol. The highest BCUT2D eigenvalue weighted by molar-refractivity contribution is 5.25. The summed E-state index contributed by atoms with van der Waals surface area (Å²) in [5.74, 6) is 0.257. The van der Waals surface area contributed by atoms with Crippen LogP contribution in [0.5, 0.6) is 5.75 Å². The summed E-state index contributed by atoms with van der Waals surface area (Å²) < 4.78 is 5.31. The number of nitrogens with zero attached hydrogens (tertiary/aromatic N) is 1. The Kier molecular flexibility index (Phi) is 3.80. The fraction of sp³-hybridized carbons (Fsp3) is 0.353. The molecule has 21 heavy (non-hydrogen) atoms. The number of rotatable bonds is 3. The molecule has 1 aromatic heterocycles. The highest BCUT2D eigenvalue weighted by Gasteiger charge is 2.26. The molecule has 1 saturated heterocycles. The van der Waals surface area contributed by atoms with Gasteiger partial charge in [-0.1, -0.05) is 29.8 Å². The lowest BCUT2D eigenvalue weighted by Crippen LogP contribution is -2.23. The molecule has 0 bridgehead atoms. The second-order valence-corrected chi connectivity index (χ2v) is 5.64. The smallest absolute Gasteiger partial charge is 0.226 e. The van der Waals surface area contributed by atoms with Gasteiger partial charge in [0, 0.05) is 12.1 Å².